The molecule has 1 saturated heterocycles. The van der Waals surface area contributed by atoms with Gasteiger partial charge in [-0.1, -0.05) is 13.0 Å². The lowest BCUT2D eigenvalue weighted by Gasteiger charge is -2.24. The Kier molecular flexibility index (Phi) is 5.32. The quantitative estimate of drug-likeness (QED) is 0.892. The van der Waals surface area contributed by atoms with Crippen LogP contribution in [0.3, 0.4) is 0 Å². The van der Waals surface area contributed by atoms with Crippen LogP contribution < -0.4 is 10.2 Å². The minimum atomic E-state index is -0.174. The van der Waals surface area contributed by atoms with E-state index < -0.39 is 0 Å². The van der Waals surface area contributed by atoms with E-state index in [4.69, 9.17) is 10.00 Å². The van der Waals surface area contributed by atoms with Crippen LogP contribution in [0.1, 0.15) is 18.9 Å². The Morgan fingerprint density at radius 2 is 2.33 bits per heavy atom. The van der Waals surface area contributed by atoms with Gasteiger partial charge in [0.25, 0.3) is 0 Å². The number of amides is 1. The molecule has 1 fully saturated rings. The number of anilines is 1. The molecule has 2 atom stereocenters. The smallest absolute Gasteiger partial charge is 0.233 e. The van der Waals surface area contributed by atoms with Crippen molar-refractivity contribution in [1.82, 2.24) is 5.32 Å². The minimum Gasteiger partial charge on any atom is -0.379 e. The molecule has 1 heterocycles. The largest absolute Gasteiger partial charge is 0.379 e. The first-order valence-electron chi connectivity index (χ1n) is 7.26. The molecule has 1 aliphatic rings. The molecule has 0 saturated carbocycles. The predicted molar refractivity (Wildman–Crippen MR) is 81.0 cm³/mol. The lowest BCUT2D eigenvalue weighted by atomic mass is 10.0. The maximum Gasteiger partial charge on any atom is 0.233 e. The first kappa shape index (κ1) is 15.5. The van der Waals surface area contributed by atoms with E-state index in [1.807, 2.05) is 6.07 Å². The molecule has 21 heavy (non-hydrogen) atoms. The molecule has 0 radical (unpaired) electrons. The molecule has 1 amide bonds. The fourth-order valence-electron chi connectivity index (χ4n) is 2.49. The van der Waals surface area contributed by atoms with Gasteiger partial charge in [0.05, 0.1) is 30.8 Å². The van der Waals surface area contributed by atoms with Crippen LogP contribution in [0.5, 0.6) is 0 Å². The molecule has 0 bridgehead atoms. The number of carbonyl (C=O) groups is 1. The summed E-state index contributed by atoms with van der Waals surface area (Å²) >= 11 is 0. The zero-order valence-corrected chi connectivity index (χ0v) is 12.5. The van der Waals surface area contributed by atoms with Crippen molar-refractivity contribution < 1.29 is 9.53 Å². The number of nitrogens with zero attached hydrogens (tertiary/aromatic N) is 2. The highest BCUT2D eigenvalue weighted by Gasteiger charge is 2.35. The number of benzene rings is 1. The van der Waals surface area contributed by atoms with Crippen molar-refractivity contribution in [2.75, 3.05) is 31.7 Å². The molecule has 2 unspecified atom stereocenters. The van der Waals surface area contributed by atoms with Crippen LogP contribution in [0, 0.1) is 17.2 Å². The van der Waals surface area contributed by atoms with Gasteiger partial charge >= 0.3 is 0 Å². The zero-order valence-electron chi connectivity index (χ0n) is 12.5. The van der Waals surface area contributed by atoms with E-state index in [1.54, 1.807) is 30.1 Å². The molecule has 0 spiro atoms. The Bertz CT molecular complexity index is 539. The van der Waals surface area contributed by atoms with Gasteiger partial charge in [-0.25, -0.2) is 0 Å². The fourth-order valence-corrected chi connectivity index (χ4v) is 2.49. The Hall–Kier alpha value is -1.90. The van der Waals surface area contributed by atoms with Crippen LogP contribution >= 0.6 is 0 Å². The van der Waals surface area contributed by atoms with E-state index in [2.05, 4.69) is 18.3 Å². The molecular formula is C16H21N3O2. The molecule has 1 aliphatic heterocycles. The first-order valence-corrected chi connectivity index (χ1v) is 7.26. The highest BCUT2D eigenvalue weighted by atomic mass is 16.5. The second kappa shape index (κ2) is 7.21. The summed E-state index contributed by atoms with van der Waals surface area (Å²) in [5, 5.41) is 12.3. The highest BCUT2D eigenvalue weighted by Crippen LogP contribution is 2.21. The second-order valence-electron chi connectivity index (χ2n) is 5.26. The maximum atomic E-state index is 12.6. The van der Waals surface area contributed by atoms with Crippen LogP contribution in [0.2, 0.25) is 0 Å². The lowest BCUT2D eigenvalue weighted by Crippen LogP contribution is -2.45. The molecule has 5 nitrogen and oxygen atoms in total. The SMILES string of the molecule is CCCNC1COCC1C(=O)N(C)c1cccc(C#N)c1. The van der Waals surface area contributed by atoms with E-state index in [-0.39, 0.29) is 17.9 Å². The number of hydrogen-bond acceptors (Lipinski definition) is 4. The lowest BCUT2D eigenvalue weighted by molar-refractivity contribution is -0.122. The fraction of sp³-hybridized carbons (Fsp3) is 0.500. The Morgan fingerprint density at radius 1 is 1.52 bits per heavy atom. The number of nitrogens with one attached hydrogen (secondary N) is 1. The highest BCUT2D eigenvalue weighted by molar-refractivity contribution is 5.95. The first-order chi connectivity index (χ1) is 10.2. The Labute approximate surface area is 125 Å². The van der Waals surface area contributed by atoms with Crippen molar-refractivity contribution in [3.63, 3.8) is 0 Å². The third-order valence-corrected chi connectivity index (χ3v) is 3.75. The summed E-state index contributed by atoms with van der Waals surface area (Å²) in [6, 6.07) is 9.24. The molecular weight excluding hydrogens is 266 g/mol. The van der Waals surface area contributed by atoms with Crippen molar-refractivity contribution in [1.29, 1.82) is 5.26 Å². The summed E-state index contributed by atoms with van der Waals surface area (Å²) in [4.78, 5) is 14.3. The molecule has 1 aromatic carbocycles. The van der Waals surface area contributed by atoms with Crippen molar-refractivity contribution in [2.24, 2.45) is 5.92 Å². The number of rotatable bonds is 5. The zero-order chi connectivity index (χ0) is 15.2. The summed E-state index contributed by atoms with van der Waals surface area (Å²) in [6.45, 7) is 4.00. The van der Waals surface area contributed by atoms with Crippen LogP contribution in [0.4, 0.5) is 5.69 Å². The molecule has 112 valence electrons. The third kappa shape index (κ3) is 3.60. The number of carbonyl (C=O) groups excluding carboxylic acids is 1. The standard InChI is InChI=1S/C16H21N3O2/c1-3-7-18-15-11-21-10-14(15)16(20)19(2)13-6-4-5-12(8-13)9-17/h4-6,8,14-15,18H,3,7,10-11H2,1-2H3. The average Bonchev–Trinajstić information content (AvgIpc) is 2.99. The molecule has 1 aromatic rings. The van der Waals surface area contributed by atoms with Crippen LogP contribution in [0.25, 0.3) is 0 Å². The predicted octanol–water partition coefficient (Wildman–Crippen LogP) is 1.54. The van der Waals surface area contributed by atoms with Crippen molar-refractivity contribution in [3.05, 3.63) is 29.8 Å². The van der Waals surface area contributed by atoms with E-state index in [0.29, 0.717) is 18.8 Å². The third-order valence-electron chi connectivity index (χ3n) is 3.75. The topological polar surface area (TPSA) is 65.4 Å². The van der Waals surface area contributed by atoms with Gasteiger partial charge in [-0.05, 0) is 31.2 Å². The molecule has 2 rings (SSSR count). The number of hydrogen-bond donors (Lipinski definition) is 1. The van der Waals surface area contributed by atoms with Crippen molar-refractivity contribution >= 4 is 11.6 Å². The summed E-state index contributed by atoms with van der Waals surface area (Å²) in [7, 11) is 1.74. The average molecular weight is 287 g/mol. The summed E-state index contributed by atoms with van der Waals surface area (Å²) in [5.74, 6) is -0.150. The monoisotopic (exact) mass is 287 g/mol. The molecule has 1 N–H and O–H groups in total. The minimum absolute atomic E-state index is 0.0243. The number of ether oxygens (including phenoxy) is 1. The van der Waals surface area contributed by atoms with Gasteiger partial charge < -0.3 is 15.0 Å². The van der Waals surface area contributed by atoms with E-state index in [1.165, 1.54) is 0 Å². The molecule has 5 heteroatoms. The maximum absolute atomic E-state index is 12.6. The van der Waals surface area contributed by atoms with Gasteiger partial charge in [0.15, 0.2) is 0 Å². The van der Waals surface area contributed by atoms with Gasteiger partial charge in [0.1, 0.15) is 0 Å². The van der Waals surface area contributed by atoms with E-state index in [9.17, 15) is 4.79 Å². The van der Waals surface area contributed by atoms with Crippen molar-refractivity contribution in [3.8, 4) is 6.07 Å². The van der Waals surface area contributed by atoms with E-state index >= 15 is 0 Å². The van der Waals surface area contributed by atoms with Crippen LogP contribution in [0.15, 0.2) is 24.3 Å². The summed E-state index contributed by atoms with van der Waals surface area (Å²) in [5.41, 5.74) is 1.29. The molecule has 0 aromatic heterocycles. The summed E-state index contributed by atoms with van der Waals surface area (Å²) in [6.07, 6.45) is 1.03. The summed E-state index contributed by atoms with van der Waals surface area (Å²) < 4.78 is 5.46. The van der Waals surface area contributed by atoms with Gasteiger partial charge in [-0.15, -0.1) is 0 Å². The second-order valence-corrected chi connectivity index (χ2v) is 5.26. The van der Waals surface area contributed by atoms with Gasteiger partial charge in [-0.2, -0.15) is 5.26 Å². The van der Waals surface area contributed by atoms with Gasteiger partial charge in [0.2, 0.25) is 5.91 Å². The van der Waals surface area contributed by atoms with Gasteiger partial charge in [-0.3, -0.25) is 4.79 Å². The van der Waals surface area contributed by atoms with Crippen LogP contribution in [-0.4, -0.2) is 38.8 Å². The molecule has 0 aliphatic carbocycles. The van der Waals surface area contributed by atoms with Crippen molar-refractivity contribution in [2.45, 2.75) is 19.4 Å². The van der Waals surface area contributed by atoms with Gasteiger partial charge in [0, 0.05) is 18.8 Å². The Balaban J connectivity index is 2.09. The van der Waals surface area contributed by atoms with E-state index in [0.717, 1.165) is 18.7 Å². The van der Waals surface area contributed by atoms with Crippen LogP contribution in [-0.2, 0) is 9.53 Å². The number of nitriles is 1. The normalized spacial score (nSPS) is 21.0. The Morgan fingerprint density at radius 3 is 3.05 bits per heavy atom.